The van der Waals surface area contributed by atoms with Gasteiger partial charge in [0.2, 0.25) is 0 Å². The minimum Gasteiger partial charge on any atom is -0.462 e. The Labute approximate surface area is 65.5 Å². The number of rotatable bonds is 3. The summed E-state index contributed by atoms with van der Waals surface area (Å²) in [4.78, 5) is 10.9. The Hall–Kier alpha value is -1.32. The van der Waals surface area contributed by atoms with Gasteiger partial charge in [-0.15, -0.1) is 0 Å². The molecule has 0 rings (SSSR count). The molecule has 0 heterocycles. The zero-order chi connectivity index (χ0) is 8.85. The largest absolute Gasteiger partial charge is 0.462 e. The summed E-state index contributed by atoms with van der Waals surface area (Å²) in [5, 5.41) is 7.11. The van der Waals surface area contributed by atoms with E-state index in [-0.39, 0.29) is 11.3 Å². The third-order valence-corrected chi connectivity index (χ3v) is 1.07. The van der Waals surface area contributed by atoms with Crippen molar-refractivity contribution in [1.29, 1.82) is 5.41 Å². The van der Waals surface area contributed by atoms with E-state index in [1.807, 2.05) is 0 Å². The predicted molar refractivity (Wildman–Crippen MR) is 42.3 cm³/mol. The van der Waals surface area contributed by atoms with Gasteiger partial charge >= 0.3 is 5.97 Å². The quantitative estimate of drug-likeness (QED) is 0.353. The fourth-order valence-corrected chi connectivity index (χ4v) is 0.555. The smallest absolute Gasteiger partial charge is 0.341 e. The Kier molecular flexibility index (Phi) is 3.95. The highest BCUT2D eigenvalue weighted by Gasteiger charge is 2.10. The molecule has 0 radical (unpaired) electrons. The number of carbonyl (C=O) groups excluding carboxylic acids is 1. The van der Waals surface area contributed by atoms with E-state index in [0.717, 1.165) is 6.20 Å². The SMILES string of the molecule is CCOC(=O)/C(=C/N)C(C)=N. The van der Waals surface area contributed by atoms with Crippen LogP contribution in [-0.2, 0) is 9.53 Å². The number of esters is 1. The third kappa shape index (κ3) is 2.84. The summed E-state index contributed by atoms with van der Waals surface area (Å²) in [5.74, 6) is -0.539. The maximum Gasteiger partial charge on any atom is 0.341 e. The van der Waals surface area contributed by atoms with Gasteiger partial charge in [-0.05, 0) is 13.8 Å². The second-order valence-corrected chi connectivity index (χ2v) is 1.93. The molecule has 62 valence electrons. The number of hydrogen-bond donors (Lipinski definition) is 2. The number of ether oxygens (including phenoxy) is 1. The summed E-state index contributed by atoms with van der Waals surface area (Å²) in [6, 6.07) is 0. The van der Waals surface area contributed by atoms with Gasteiger partial charge in [-0.2, -0.15) is 0 Å². The first-order valence-corrected chi connectivity index (χ1v) is 3.28. The molecule has 0 unspecified atom stereocenters. The lowest BCUT2D eigenvalue weighted by Gasteiger charge is -2.02. The van der Waals surface area contributed by atoms with Crippen LogP contribution >= 0.6 is 0 Å². The molecule has 0 aliphatic carbocycles. The minimum absolute atomic E-state index is 0.117. The molecular formula is C7H12N2O2. The zero-order valence-corrected chi connectivity index (χ0v) is 6.68. The van der Waals surface area contributed by atoms with Crippen LogP contribution < -0.4 is 5.73 Å². The molecular weight excluding hydrogens is 144 g/mol. The summed E-state index contributed by atoms with van der Waals surface area (Å²) in [6.45, 7) is 3.48. The minimum atomic E-state index is -0.539. The first-order valence-electron chi connectivity index (χ1n) is 3.28. The van der Waals surface area contributed by atoms with Crippen LogP contribution in [0.1, 0.15) is 13.8 Å². The maximum atomic E-state index is 10.9. The standard InChI is InChI=1S/C7H12N2O2/c1-3-11-7(10)6(4-8)5(2)9/h4,9H,3,8H2,1-2H3/b6-4+,9-5?. The van der Waals surface area contributed by atoms with E-state index in [9.17, 15) is 4.79 Å². The van der Waals surface area contributed by atoms with Gasteiger partial charge in [0.1, 0.15) is 0 Å². The fourth-order valence-electron chi connectivity index (χ4n) is 0.555. The summed E-state index contributed by atoms with van der Waals surface area (Å²) in [6.07, 6.45) is 1.08. The monoisotopic (exact) mass is 156 g/mol. The zero-order valence-electron chi connectivity index (χ0n) is 6.68. The fraction of sp³-hybridized carbons (Fsp3) is 0.429. The number of nitrogens with one attached hydrogen (secondary N) is 1. The number of nitrogens with two attached hydrogens (primary N) is 1. The summed E-state index contributed by atoms with van der Waals surface area (Å²) in [7, 11) is 0. The van der Waals surface area contributed by atoms with Crippen LogP contribution in [0.5, 0.6) is 0 Å². The molecule has 0 aliphatic rings. The van der Waals surface area contributed by atoms with Crippen molar-refractivity contribution in [2.24, 2.45) is 5.73 Å². The van der Waals surface area contributed by atoms with E-state index in [0.29, 0.717) is 6.61 Å². The van der Waals surface area contributed by atoms with Gasteiger partial charge in [0.15, 0.2) is 0 Å². The average molecular weight is 156 g/mol. The summed E-state index contributed by atoms with van der Waals surface area (Å²) >= 11 is 0. The average Bonchev–Trinajstić information content (AvgIpc) is 1.88. The van der Waals surface area contributed by atoms with Crippen LogP contribution in [0.3, 0.4) is 0 Å². The molecule has 0 aromatic carbocycles. The van der Waals surface area contributed by atoms with Gasteiger partial charge < -0.3 is 15.9 Å². The van der Waals surface area contributed by atoms with Crippen molar-refractivity contribution in [1.82, 2.24) is 0 Å². The molecule has 0 saturated carbocycles. The molecule has 0 saturated heterocycles. The van der Waals surface area contributed by atoms with Crippen LogP contribution in [0.25, 0.3) is 0 Å². The van der Waals surface area contributed by atoms with Crippen LogP contribution in [-0.4, -0.2) is 18.3 Å². The van der Waals surface area contributed by atoms with Crippen molar-refractivity contribution < 1.29 is 9.53 Å². The van der Waals surface area contributed by atoms with Gasteiger partial charge in [0.05, 0.1) is 12.2 Å². The summed E-state index contributed by atoms with van der Waals surface area (Å²) < 4.78 is 4.63. The molecule has 0 aliphatic heterocycles. The van der Waals surface area contributed by atoms with E-state index in [4.69, 9.17) is 11.1 Å². The predicted octanol–water partition coefficient (Wildman–Crippen LogP) is 0.432. The molecule has 4 nitrogen and oxygen atoms in total. The Morgan fingerprint density at radius 1 is 1.73 bits per heavy atom. The lowest BCUT2D eigenvalue weighted by atomic mass is 10.2. The van der Waals surface area contributed by atoms with Crippen molar-refractivity contribution in [2.75, 3.05) is 6.61 Å². The first-order chi connectivity index (χ1) is 5.13. The number of carbonyl (C=O) groups is 1. The molecule has 11 heavy (non-hydrogen) atoms. The Balaban J connectivity index is 4.29. The third-order valence-electron chi connectivity index (χ3n) is 1.07. The molecule has 4 heteroatoms. The Morgan fingerprint density at radius 2 is 2.27 bits per heavy atom. The highest BCUT2D eigenvalue weighted by Crippen LogP contribution is 1.97. The molecule has 0 fully saturated rings. The van der Waals surface area contributed by atoms with Crippen LogP contribution in [0, 0.1) is 5.41 Å². The van der Waals surface area contributed by atoms with Crippen LogP contribution in [0.15, 0.2) is 11.8 Å². The Bertz CT molecular complexity index is 197. The van der Waals surface area contributed by atoms with Gasteiger partial charge in [-0.25, -0.2) is 4.79 Å². The lowest BCUT2D eigenvalue weighted by molar-refractivity contribution is -0.137. The maximum absolute atomic E-state index is 10.9. The van der Waals surface area contributed by atoms with E-state index in [1.165, 1.54) is 6.92 Å². The van der Waals surface area contributed by atoms with Crippen molar-refractivity contribution in [3.63, 3.8) is 0 Å². The summed E-state index contributed by atoms with van der Waals surface area (Å²) in [5.41, 5.74) is 5.34. The molecule has 0 amide bonds. The van der Waals surface area contributed by atoms with Gasteiger partial charge in [0.25, 0.3) is 0 Å². The molecule has 0 spiro atoms. The molecule has 0 aromatic rings. The van der Waals surface area contributed by atoms with Crippen molar-refractivity contribution in [2.45, 2.75) is 13.8 Å². The van der Waals surface area contributed by atoms with Crippen molar-refractivity contribution in [3.05, 3.63) is 11.8 Å². The van der Waals surface area contributed by atoms with Crippen LogP contribution in [0.2, 0.25) is 0 Å². The number of hydrogen-bond acceptors (Lipinski definition) is 4. The topological polar surface area (TPSA) is 76.2 Å². The van der Waals surface area contributed by atoms with E-state index >= 15 is 0 Å². The lowest BCUT2D eigenvalue weighted by Crippen LogP contribution is -2.14. The van der Waals surface area contributed by atoms with Gasteiger partial charge in [0, 0.05) is 11.9 Å². The highest BCUT2D eigenvalue weighted by molar-refractivity contribution is 6.17. The molecule has 0 bridgehead atoms. The van der Waals surface area contributed by atoms with Gasteiger partial charge in [-0.1, -0.05) is 0 Å². The second-order valence-electron chi connectivity index (χ2n) is 1.93. The first kappa shape index (κ1) is 9.68. The molecule has 0 aromatic heterocycles. The van der Waals surface area contributed by atoms with E-state index < -0.39 is 5.97 Å². The van der Waals surface area contributed by atoms with Crippen molar-refractivity contribution in [3.8, 4) is 0 Å². The van der Waals surface area contributed by atoms with E-state index in [1.54, 1.807) is 6.92 Å². The highest BCUT2D eigenvalue weighted by atomic mass is 16.5. The molecule has 3 N–H and O–H groups in total. The van der Waals surface area contributed by atoms with Gasteiger partial charge in [-0.3, -0.25) is 0 Å². The normalized spacial score (nSPS) is 10.9. The Morgan fingerprint density at radius 3 is 2.55 bits per heavy atom. The van der Waals surface area contributed by atoms with Crippen LogP contribution in [0.4, 0.5) is 0 Å². The second kappa shape index (κ2) is 4.49. The van der Waals surface area contributed by atoms with E-state index in [2.05, 4.69) is 4.74 Å². The van der Waals surface area contributed by atoms with Crippen molar-refractivity contribution >= 4 is 11.7 Å². The molecule has 0 atom stereocenters.